The zero-order valence-corrected chi connectivity index (χ0v) is 32.8. The van der Waals surface area contributed by atoms with Crippen LogP contribution in [0.4, 0.5) is 0 Å². The number of unbranched alkanes of at least 4 members (excludes halogenated alkanes) is 2. The monoisotopic (exact) mass is 638 g/mol. The zero-order valence-electron chi connectivity index (χ0n) is 32.8. The number of hydrogen-bond donors (Lipinski definition) is 2. The van der Waals surface area contributed by atoms with Crippen LogP contribution in [0.5, 0.6) is 11.5 Å². The minimum Gasteiger partial charge on any atom is -0.493 e. The van der Waals surface area contributed by atoms with E-state index < -0.39 is 11.6 Å². The van der Waals surface area contributed by atoms with Crippen LogP contribution in [-0.2, 0) is 27.3 Å². The third-order valence-corrected chi connectivity index (χ3v) is 9.52. The van der Waals surface area contributed by atoms with E-state index in [4.69, 9.17) is 15.2 Å². The normalized spacial score (nSPS) is 14.7. The summed E-state index contributed by atoms with van der Waals surface area (Å²) in [5, 5.41) is 13.5. The van der Waals surface area contributed by atoms with Crippen molar-refractivity contribution in [2.45, 2.75) is 176 Å². The van der Waals surface area contributed by atoms with Crippen molar-refractivity contribution in [2.75, 3.05) is 13.2 Å². The van der Waals surface area contributed by atoms with E-state index >= 15 is 0 Å². The molecule has 0 spiro atoms. The van der Waals surface area contributed by atoms with Crippen LogP contribution >= 0.6 is 0 Å². The van der Waals surface area contributed by atoms with Gasteiger partial charge in [-0.3, -0.25) is 0 Å². The molecule has 4 nitrogen and oxygen atoms in total. The summed E-state index contributed by atoms with van der Waals surface area (Å²) in [5.74, 6) is 1.96. The maximum atomic E-state index is 13.5. The second-order valence-electron chi connectivity index (χ2n) is 17.9. The molecule has 2 aromatic carbocycles. The van der Waals surface area contributed by atoms with Crippen molar-refractivity contribution in [1.29, 1.82) is 0 Å². The molecule has 0 radical (unpaired) electrons. The molecule has 2 atom stereocenters. The van der Waals surface area contributed by atoms with Gasteiger partial charge in [0.1, 0.15) is 17.1 Å². The number of benzene rings is 2. The van der Waals surface area contributed by atoms with Gasteiger partial charge >= 0.3 is 0 Å². The third kappa shape index (κ3) is 9.10. The smallest absolute Gasteiger partial charge is 0.130 e. The van der Waals surface area contributed by atoms with Crippen LogP contribution in [0.1, 0.15) is 176 Å². The Bertz CT molecular complexity index is 1120. The summed E-state index contributed by atoms with van der Waals surface area (Å²) in [5.41, 5.74) is 11.0. The van der Waals surface area contributed by atoms with Crippen LogP contribution in [0, 0.1) is 5.92 Å². The maximum absolute atomic E-state index is 13.5. The molecule has 4 heteroatoms. The van der Waals surface area contributed by atoms with Gasteiger partial charge in [0.25, 0.3) is 0 Å². The molecule has 0 heterocycles. The van der Waals surface area contributed by atoms with Crippen molar-refractivity contribution < 1.29 is 14.6 Å². The van der Waals surface area contributed by atoms with Gasteiger partial charge in [-0.1, -0.05) is 130 Å². The van der Waals surface area contributed by atoms with Crippen LogP contribution in [0.25, 0.3) is 0 Å². The molecule has 0 aliphatic rings. The van der Waals surface area contributed by atoms with E-state index in [-0.39, 0.29) is 27.6 Å². The molecule has 0 aliphatic carbocycles. The molecule has 0 saturated carbocycles. The Morgan fingerprint density at radius 2 is 0.870 bits per heavy atom. The van der Waals surface area contributed by atoms with Crippen molar-refractivity contribution in [3.63, 3.8) is 0 Å². The van der Waals surface area contributed by atoms with Crippen LogP contribution in [-0.4, -0.2) is 24.4 Å². The Labute approximate surface area is 284 Å². The molecule has 0 bridgehead atoms. The summed E-state index contributed by atoms with van der Waals surface area (Å²) in [7, 11) is 0. The number of rotatable bonds is 13. The Morgan fingerprint density at radius 3 is 1.09 bits per heavy atom. The standard InChI is InChI=1S/C42H71NO3/c1-17-20-22-45-35-31(38(5,6)7)24-29(25-32(35)39(8,9)10)42(44,37(43)28(4)19-3)30-26-33(40(11,12)13)36(46-23-21-18-2)34(27-30)41(14,15)16/h24-28,37,44H,17-23,43H2,1-16H3. The van der Waals surface area contributed by atoms with Gasteiger partial charge < -0.3 is 20.3 Å². The van der Waals surface area contributed by atoms with Gasteiger partial charge in [0.05, 0.1) is 13.2 Å². The Hall–Kier alpha value is -2.04. The Kier molecular flexibility index (Phi) is 13.1. The van der Waals surface area contributed by atoms with Crippen molar-refractivity contribution in [2.24, 2.45) is 11.7 Å². The summed E-state index contributed by atoms with van der Waals surface area (Å²) in [6.07, 6.45) is 4.99. The van der Waals surface area contributed by atoms with E-state index in [0.29, 0.717) is 13.2 Å². The van der Waals surface area contributed by atoms with Crippen molar-refractivity contribution in [1.82, 2.24) is 0 Å². The molecule has 2 unspecified atom stereocenters. The molecule has 3 N–H and O–H groups in total. The topological polar surface area (TPSA) is 64.7 Å². The lowest BCUT2D eigenvalue weighted by atomic mass is 9.69. The molecule has 0 aliphatic heterocycles. The molecule has 0 fully saturated rings. The highest BCUT2D eigenvalue weighted by atomic mass is 16.5. The lowest BCUT2D eigenvalue weighted by Crippen LogP contribution is -2.50. The largest absolute Gasteiger partial charge is 0.493 e. The van der Waals surface area contributed by atoms with E-state index in [2.05, 4.69) is 135 Å². The lowest BCUT2D eigenvalue weighted by Gasteiger charge is -2.42. The summed E-state index contributed by atoms with van der Waals surface area (Å²) < 4.78 is 13.2. The van der Waals surface area contributed by atoms with Crippen LogP contribution < -0.4 is 15.2 Å². The van der Waals surface area contributed by atoms with Gasteiger partial charge in [-0.15, -0.1) is 0 Å². The van der Waals surface area contributed by atoms with Gasteiger partial charge in [0.15, 0.2) is 0 Å². The van der Waals surface area contributed by atoms with Crippen molar-refractivity contribution in [3.8, 4) is 11.5 Å². The third-order valence-electron chi connectivity index (χ3n) is 9.52. The second kappa shape index (κ2) is 15.0. The number of ether oxygens (including phenoxy) is 2. The molecular weight excluding hydrogens is 566 g/mol. The lowest BCUT2D eigenvalue weighted by molar-refractivity contribution is 0.0310. The minimum atomic E-state index is -1.46. The predicted molar refractivity (Wildman–Crippen MR) is 199 cm³/mol. The predicted octanol–water partition coefficient (Wildman–Crippen LogP) is 10.8. The van der Waals surface area contributed by atoms with E-state index in [1.807, 2.05) is 0 Å². The highest BCUT2D eigenvalue weighted by Crippen LogP contribution is 2.49. The summed E-state index contributed by atoms with van der Waals surface area (Å²) in [6, 6.07) is 8.23. The SMILES string of the molecule is CCCCOc1c(C(C)(C)C)cc(C(O)(c2cc(C(C)(C)C)c(OCCCC)c(C(C)(C)C)c2)C(N)C(C)CC)cc1C(C)(C)C. The number of nitrogens with two attached hydrogens (primary N) is 1. The van der Waals surface area contributed by atoms with Gasteiger partial charge in [-0.25, -0.2) is 0 Å². The highest BCUT2D eigenvalue weighted by molar-refractivity contribution is 5.58. The van der Waals surface area contributed by atoms with Gasteiger partial charge in [0.2, 0.25) is 0 Å². The van der Waals surface area contributed by atoms with Crippen LogP contribution in [0.3, 0.4) is 0 Å². The van der Waals surface area contributed by atoms with Gasteiger partial charge in [0, 0.05) is 28.3 Å². The van der Waals surface area contributed by atoms with E-state index in [9.17, 15) is 5.11 Å². The highest BCUT2D eigenvalue weighted by Gasteiger charge is 2.44. The molecule has 0 amide bonds. The fourth-order valence-electron chi connectivity index (χ4n) is 6.09. The first-order valence-electron chi connectivity index (χ1n) is 18.1. The molecular formula is C42H71NO3. The fraction of sp³-hybridized carbons (Fsp3) is 0.714. The summed E-state index contributed by atoms with van der Waals surface area (Å²) >= 11 is 0. The van der Waals surface area contributed by atoms with Crippen LogP contribution in [0.15, 0.2) is 24.3 Å². The first kappa shape index (κ1) is 40.1. The minimum absolute atomic E-state index is 0.0679. The second-order valence-corrected chi connectivity index (χ2v) is 17.9. The summed E-state index contributed by atoms with van der Waals surface area (Å²) in [6.45, 7) is 36.8. The quantitative estimate of drug-likeness (QED) is 0.215. The molecule has 262 valence electrons. The van der Waals surface area contributed by atoms with E-state index in [0.717, 1.165) is 77.0 Å². The fourth-order valence-corrected chi connectivity index (χ4v) is 6.09. The maximum Gasteiger partial charge on any atom is 0.130 e. The molecule has 0 aromatic heterocycles. The van der Waals surface area contributed by atoms with Gasteiger partial charge in [-0.05, 0) is 75.8 Å². The number of hydrogen-bond acceptors (Lipinski definition) is 4. The Balaban J connectivity index is 3.20. The summed E-state index contributed by atoms with van der Waals surface area (Å²) in [4.78, 5) is 0. The van der Waals surface area contributed by atoms with Gasteiger partial charge in [-0.2, -0.15) is 0 Å². The van der Waals surface area contributed by atoms with E-state index in [1.165, 1.54) is 0 Å². The zero-order chi connectivity index (χ0) is 35.5. The Morgan fingerprint density at radius 1 is 0.587 bits per heavy atom. The van der Waals surface area contributed by atoms with Crippen molar-refractivity contribution in [3.05, 3.63) is 57.6 Å². The molecule has 2 aromatic rings. The van der Waals surface area contributed by atoms with Crippen LogP contribution in [0.2, 0.25) is 0 Å². The average Bonchev–Trinajstić information content (AvgIpc) is 2.93. The number of aliphatic hydroxyl groups is 1. The first-order chi connectivity index (χ1) is 21.0. The van der Waals surface area contributed by atoms with E-state index in [1.54, 1.807) is 0 Å². The van der Waals surface area contributed by atoms with Crippen molar-refractivity contribution >= 4 is 0 Å². The average molecular weight is 638 g/mol. The molecule has 2 rings (SSSR count). The first-order valence-corrected chi connectivity index (χ1v) is 18.1. The molecule has 46 heavy (non-hydrogen) atoms. The molecule has 0 saturated heterocycles.